The summed E-state index contributed by atoms with van der Waals surface area (Å²) in [5.74, 6) is 0.128. The molecule has 4 aromatic rings. The molecule has 0 fully saturated rings. The molecule has 1 aliphatic heterocycles. The summed E-state index contributed by atoms with van der Waals surface area (Å²) in [6, 6.07) is 11.8. The summed E-state index contributed by atoms with van der Waals surface area (Å²) in [7, 11) is 1.53. The fourth-order valence-electron chi connectivity index (χ4n) is 3.65. The first-order valence-corrected chi connectivity index (χ1v) is 10.6. The Morgan fingerprint density at radius 3 is 2.70 bits per heavy atom. The number of amides is 1. The number of nitrogens with zero attached hydrogens (tertiary/aromatic N) is 3. The van der Waals surface area contributed by atoms with Gasteiger partial charge < -0.3 is 9.15 Å². The van der Waals surface area contributed by atoms with E-state index in [1.165, 1.54) is 23.3 Å². The lowest BCUT2D eigenvalue weighted by Crippen LogP contribution is -2.29. The number of hydrogen-bond acceptors (Lipinski definition) is 7. The smallest absolute Gasteiger partial charge is 0.297 e. The van der Waals surface area contributed by atoms with E-state index in [0.717, 1.165) is 15.0 Å². The summed E-state index contributed by atoms with van der Waals surface area (Å²) in [6.07, 6.45) is 0. The van der Waals surface area contributed by atoms with Crippen LogP contribution in [0.2, 0.25) is 0 Å². The second-order valence-corrected chi connectivity index (χ2v) is 8.85. The molecule has 3 heterocycles. The lowest BCUT2D eigenvalue weighted by molar-refractivity contribution is 0.0970. The Bertz CT molecular complexity index is 1380. The molecule has 0 aliphatic carbocycles. The van der Waals surface area contributed by atoms with Crippen molar-refractivity contribution in [3.63, 3.8) is 0 Å². The number of aryl methyl sites for hydroxylation is 1. The minimum Gasteiger partial charge on any atom is -0.497 e. The van der Waals surface area contributed by atoms with Crippen LogP contribution in [0.1, 0.15) is 32.7 Å². The van der Waals surface area contributed by atoms with Gasteiger partial charge in [0.15, 0.2) is 5.43 Å². The lowest BCUT2D eigenvalue weighted by Gasteiger charge is -2.22. The molecule has 0 saturated heterocycles. The zero-order valence-corrected chi connectivity index (χ0v) is 18.3. The van der Waals surface area contributed by atoms with Gasteiger partial charge in [-0.05, 0) is 36.8 Å². The molecule has 2 aromatic carbocycles. The molecule has 0 radical (unpaired) electrons. The molecule has 2 aromatic heterocycles. The molecule has 0 N–H and O–H groups in total. The largest absolute Gasteiger partial charge is 0.497 e. The fourth-order valence-corrected chi connectivity index (χ4v) is 4.78. The van der Waals surface area contributed by atoms with E-state index in [4.69, 9.17) is 9.15 Å². The number of benzene rings is 2. The van der Waals surface area contributed by atoms with Gasteiger partial charge >= 0.3 is 0 Å². The number of rotatable bonds is 3. The van der Waals surface area contributed by atoms with Gasteiger partial charge in [-0.15, -0.1) is 10.2 Å². The van der Waals surface area contributed by atoms with Crippen LogP contribution in [0, 0.1) is 6.92 Å². The topological polar surface area (TPSA) is 85.5 Å². The second kappa shape index (κ2) is 7.03. The minimum absolute atomic E-state index is 0.0126. The van der Waals surface area contributed by atoms with Gasteiger partial charge in [-0.25, -0.2) is 0 Å². The monoisotopic (exact) mass is 483 g/mol. The normalized spacial score (nSPS) is 15.6. The third-order valence-corrected chi connectivity index (χ3v) is 6.30. The number of fused-ring (bicyclic) bond motifs is 2. The van der Waals surface area contributed by atoms with Crippen LogP contribution >= 0.6 is 27.3 Å². The van der Waals surface area contributed by atoms with Crippen molar-refractivity contribution in [2.75, 3.05) is 12.0 Å². The van der Waals surface area contributed by atoms with E-state index in [1.807, 2.05) is 31.2 Å². The van der Waals surface area contributed by atoms with Crippen LogP contribution in [0.25, 0.3) is 11.0 Å². The Hall–Kier alpha value is -3.04. The van der Waals surface area contributed by atoms with Crippen LogP contribution < -0.4 is 15.1 Å². The second-order valence-electron chi connectivity index (χ2n) is 6.77. The Labute approximate surface area is 183 Å². The molecule has 7 nitrogen and oxygen atoms in total. The number of anilines is 1. The van der Waals surface area contributed by atoms with E-state index < -0.39 is 11.9 Å². The van der Waals surface area contributed by atoms with Crippen molar-refractivity contribution < 1.29 is 13.9 Å². The maximum absolute atomic E-state index is 13.5. The van der Waals surface area contributed by atoms with E-state index in [-0.39, 0.29) is 11.2 Å². The average molecular weight is 484 g/mol. The molecule has 0 spiro atoms. The standard InChI is InChI=1S/C21H14BrN3O4S/c1-10-23-24-21(30-10)25-17(11-4-3-5-12(22)8-11)16-18(26)14-7-6-13(28-2)9-15(14)29-19(16)20(25)27/h3-9,17H,1-2H3/t17-/m1/s1. The van der Waals surface area contributed by atoms with Crippen LogP contribution in [0.3, 0.4) is 0 Å². The zero-order valence-electron chi connectivity index (χ0n) is 15.9. The highest BCUT2D eigenvalue weighted by molar-refractivity contribution is 9.10. The van der Waals surface area contributed by atoms with Gasteiger partial charge in [0.05, 0.1) is 24.1 Å². The summed E-state index contributed by atoms with van der Waals surface area (Å²) >= 11 is 4.76. The predicted octanol–water partition coefficient (Wildman–Crippen LogP) is 4.47. The van der Waals surface area contributed by atoms with Crippen LogP contribution in [-0.4, -0.2) is 23.2 Å². The minimum atomic E-state index is -0.667. The summed E-state index contributed by atoms with van der Waals surface area (Å²) in [5.41, 5.74) is 1.11. The maximum Gasteiger partial charge on any atom is 0.297 e. The molecule has 150 valence electrons. The molecule has 1 amide bonds. The van der Waals surface area contributed by atoms with E-state index in [0.29, 0.717) is 27.4 Å². The highest BCUT2D eigenvalue weighted by atomic mass is 79.9. The van der Waals surface area contributed by atoms with Crippen LogP contribution in [-0.2, 0) is 0 Å². The Morgan fingerprint density at radius 2 is 2.00 bits per heavy atom. The molecular weight excluding hydrogens is 470 g/mol. The maximum atomic E-state index is 13.5. The third-order valence-electron chi connectivity index (χ3n) is 4.97. The summed E-state index contributed by atoms with van der Waals surface area (Å²) < 4.78 is 12.0. The van der Waals surface area contributed by atoms with Crippen LogP contribution in [0.4, 0.5) is 5.13 Å². The van der Waals surface area contributed by atoms with Crippen molar-refractivity contribution in [2.45, 2.75) is 13.0 Å². The average Bonchev–Trinajstić information content (AvgIpc) is 3.29. The molecular formula is C21H14BrN3O4S. The molecule has 1 atom stereocenters. The molecule has 0 saturated carbocycles. The third kappa shape index (κ3) is 2.85. The highest BCUT2D eigenvalue weighted by Gasteiger charge is 2.45. The molecule has 5 rings (SSSR count). The number of halogens is 1. The van der Waals surface area contributed by atoms with Gasteiger partial charge in [0.1, 0.15) is 16.3 Å². The molecule has 30 heavy (non-hydrogen) atoms. The van der Waals surface area contributed by atoms with Gasteiger partial charge in [-0.3, -0.25) is 14.5 Å². The van der Waals surface area contributed by atoms with Crippen LogP contribution in [0.15, 0.2) is 56.1 Å². The van der Waals surface area contributed by atoms with Crippen molar-refractivity contribution in [2.24, 2.45) is 0 Å². The van der Waals surface area contributed by atoms with Gasteiger partial charge in [0.2, 0.25) is 10.9 Å². The first-order chi connectivity index (χ1) is 14.5. The lowest BCUT2D eigenvalue weighted by atomic mass is 9.99. The summed E-state index contributed by atoms with van der Waals surface area (Å²) in [4.78, 5) is 28.4. The first-order valence-electron chi connectivity index (χ1n) is 9.02. The SMILES string of the molecule is COc1ccc2c(=O)c3c(oc2c1)C(=O)N(c1nnc(C)s1)[C@@H]3c1cccc(Br)c1. The predicted molar refractivity (Wildman–Crippen MR) is 116 cm³/mol. The van der Waals surface area contributed by atoms with Gasteiger partial charge in [-0.2, -0.15) is 0 Å². The van der Waals surface area contributed by atoms with Crippen molar-refractivity contribution >= 4 is 49.3 Å². The fraction of sp³-hybridized carbons (Fsp3) is 0.143. The Morgan fingerprint density at radius 1 is 1.17 bits per heavy atom. The number of aromatic nitrogens is 2. The van der Waals surface area contributed by atoms with Crippen molar-refractivity contribution in [3.8, 4) is 5.75 Å². The van der Waals surface area contributed by atoms with Crippen LogP contribution in [0.5, 0.6) is 5.75 Å². The Balaban J connectivity index is 1.82. The van der Waals surface area contributed by atoms with E-state index in [9.17, 15) is 9.59 Å². The highest BCUT2D eigenvalue weighted by Crippen LogP contribution is 2.42. The molecule has 1 aliphatic rings. The van der Waals surface area contributed by atoms with Gasteiger partial charge in [-0.1, -0.05) is 39.4 Å². The first kappa shape index (κ1) is 19.0. The molecule has 0 bridgehead atoms. The van der Waals surface area contributed by atoms with Crippen molar-refractivity contribution in [1.82, 2.24) is 10.2 Å². The Kier molecular flexibility index (Phi) is 4.44. The number of carbonyl (C=O) groups is 1. The summed E-state index contributed by atoms with van der Waals surface area (Å²) in [5, 5.41) is 9.72. The van der Waals surface area contributed by atoms with E-state index >= 15 is 0 Å². The van der Waals surface area contributed by atoms with Crippen molar-refractivity contribution in [1.29, 1.82) is 0 Å². The van der Waals surface area contributed by atoms with Gasteiger partial charge in [0, 0.05) is 10.5 Å². The zero-order chi connectivity index (χ0) is 21.0. The molecule has 9 heteroatoms. The van der Waals surface area contributed by atoms with E-state index in [1.54, 1.807) is 18.2 Å². The summed E-state index contributed by atoms with van der Waals surface area (Å²) in [6.45, 7) is 1.81. The number of methoxy groups -OCH3 is 1. The number of carbonyl (C=O) groups excluding carboxylic acids is 1. The number of ether oxygens (including phenoxy) is 1. The quantitative estimate of drug-likeness (QED) is 0.427. The van der Waals surface area contributed by atoms with Gasteiger partial charge in [0.25, 0.3) is 5.91 Å². The number of hydrogen-bond donors (Lipinski definition) is 0. The van der Waals surface area contributed by atoms with Crippen molar-refractivity contribution in [3.05, 3.63) is 79.1 Å². The molecule has 0 unspecified atom stereocenters. The van der Waals surface area contributed by atoms with E-state index in [2.05, 4.69) is 26.1 Å².